The summed E-state index contributed by atoms with van der Waals surface area (Å²) in [5.41, 5.74) is 10.0. The maximum absolute atomic E-state index is 12.8. The van der Waals surface area contributed by atoms with Crippen LogP contribution in [0.2, 0.25) is 0 Å². The number of primary amides is 1. The Kier molecular flexibility index (Phi) is 5.06. The molecule has 0 aliphatic heterocycles. The van der Waals surface area contributed by atoms with Crippen molar-refractivity contribution >= 4 is 17.8 Å². The Bertz CT molecular complexity index is 1090. The van der Waals surface area contributed by atoms with Crippen LogP contribution < -0.4 is 15.8 Å². The number of amides is 2. The largest absolute Gasteiger partial charge is 0.427 e. The van der Waals surface area contributed by atoms with Crippen LogP contribution in [0.15, 0.2) is 72.8 Å². The summed E-state index contributed by atoms with van der Waals surface area (Å²) in [5, 5.41) is 2.80. The van der Waals surface area contributed by atoms with E-state index in [0.29, 0.717) is 11.3 Å². The Morgan fingerprint density at radius 2 is 1.40 bits per heavy atom. The van der Waals surface area contributed by atoms with Crippen molar-refractivity contribution in [2.45, 2.75) is 18.9 Å². The summed E-state index contributed by atoms with van der Waals surface area (Å²) in [5.74, 6) is -1.53. The molecular weight excluding hydrogens is 380 g/mol. The van der Waals surface area contributed by atoms with E-state index in [1.807, 2.05) is 48.5 Å². The number of benzene rings is 3. The minimum Gasteiger partial charge on any atom is -0.427 e. The van der Waals surface area contributed by atoms with Gasteiger partial charge < -0.3 is 15.8 Å². The van der Waals surface area contributed by atoms with Gasteiger partial charge in [-0.3, -0.25) is 14.4 Å². The molecule has 150 valence electrons. The number of rotatable bonds is 5. The molecule has 1 aliphatic rings. The zero-order valence-corrected chi connectivity index (χ0v) is 16.3. The molecule has 0 radical (unpaired) electrons. The molecule has 30 heavy (non-hydrogen) atoms. The van der Waals surface area contributed by atoms with Gasteiger partial charge in [0.05, 0.1) is 0 Å². The molecule has 0 spiro atoms. The molecule has 6 nitrogen and oxygen atoms in total. The van der Waals surface area contributed by atoms with E-state index in [2.05, 4.69) is 5.32 Å². The summed E-state index contributed by atoms with van der Waals surface area (Å²) >= 11 is 0. The van der Waals surface area contributed by atoms with Gasteiger partial charge >= 0.3 is 5.97 Å². The summed E-state index contributed by atoms with van der Waals surface area (Å²) in [7, 11) is 0. The topological polar surface area (TPSA) is 98.5 Å². The van der Waals surface area contributed by atoms with E-state index >= 15 is 0 Å². The van der Waals surface area contributed by atoms with Crippen LogP contribution >= 0.6 is 0 Å². The first-order chi connectivity index (χ1) is 14.5. The number of fused-ring (bicyclic) bond motifs is 3. The highest BCUT2D eigenvalue weighted by atomic mass is 16.5. The third-order valence-electron chi connectivity index (χ3n) is 5.19. The lowest BCUT2D eigenvalue weighted by atomic mass is 9.88. The van der Waals surface area contributed by atoms with Crippen molar-refractivity contribution in [3.63, 3.8) is 0 Å². The molecule has 3 N–H and O–H groups in total. The SMILES string of the molecule is CC(=O)Oc1ccc(C(=O)N[C@H](C(N)=O)C2c3ccccc3-c3ccccc32)cc1. The lowest BCUT2D eigenvalue weighted by molar-refractivity contribution is -0.131. The highest BCUT2D eigenvalue weighted by molar-refractivity contribution is 5.98. The quantitative estimate of drug-likeness (QED) is 0.508. The Balaban J connectivity index is 1.64. The fourth-order valence-electron chi connectivity index (χ4n) is 3.94. The molecule has 0 unspecified atom stereocenters. The van der Waals surface area contributed by atoms with E-state index in [9.17, 15) is 14.4 Å². The Labute approximate surface area is 173 Å². The number of ether oxygens (including phenoxy) is 1. The number of carbonyl (C=O) groups excluding carboxylic acids is 3. The lowest BCUT2D eigenvalue weighted by Crippen LogP contribution is -2.48. The second-order valence-electron chi connectivity index (χ2n) is 7.12. The number of nitrogens with one attached hydrogen (secondary N) is 1. The zero-order chi connectivity index (χ0) is 21.3. The number of carbonyl (C=O) groups is 3. The highest BCUT2D eigenvalue weighted by Crippen LogP contribution is 2.46. The average molecular weight is 400 g/mol. The summed E-state index contributed by atoms with van der Waals surface area (Å²) in [6.07, 6.45) is 0. The molecule has 2 amide bonds. The first-order valence-corrected chi connectivity index (χ1v) is 9.52. The van der Waals surface area contributed by atoms with E-state index in [1.54, 1.807) is 0 Å². The minimum atomic E-state index is -0.921. The number of hydrogen-bond donors (Lipinski definition) is 2. The summed E-state index contributed by atoms with van der Waals surface area (Å²) < 4.78 is 4.98. The third-order valence-corrected chi connectivity index (χ3v) is 5.19. The minimum absolute atomic E-state index is 0.330. The van der Waals surface area contributed by atoms with Crippen molar-refractivity contribution in [1.29, 1.82) is 0 Å². The first-order valence-electron chi connectivity index (χ1n) is 9.52. The van der Waals surface area contributed by atoms with Gasteiger partial charge in [-0.15, -0.1) is 0 Å². The predicted molar refractivity (Wildman–Crippen MR) is 112 cm³/mol. The van der Waals surface area contributed by atoms with Gasteiger partial charge in [-0.05, 0) is 46.5 Å². The zero-order valence-electron chi connectivity index (χ0n) is 16.3. The van der Waals surface area contributed by atoms with Crippen LogP contribution in [0.25, 0.3) is 11.1 Å². The van der Waals surface area contributed by atoms with Crippen LogP contribution in [0.1, 0.15) is 34.3 Å². The van der Waals surface area contributed by atoms with Gasteiger partial charge in [0, 0.05) is 18.4 Å². The Morgan fingerprint density at radius 1 is 0.867 bits per heavy atom. The van der Waals surface area contributed by atoms with E-state index in [-0.39, 0.29) is 5.92 Å². The molecule has 4 rings (SSSR count). The van der Waals surface area contributed by atoms with E-state index in [1.165, 1.54) is 31.2 Å². The normalized spacial score (nSPS) is 13.1. The Hall–Kier alpha value is -3.93. The van der Waals surface area contributed by atoms with Gasteiger partial charge in [-0.2, -0.15) is 0 Å². The van der Waals surface area contributed by atoms with Crippen molar-refractivity contribution in [3.8, 4) is 16.9 Å². The number of nitrogens with two attached hydrogens (primary N) is 1. The second kappa shape index (κ2) is 7.83. The standard InChI is InChI=1S/C24H20N2O4/c1-14(27)30-16-12-10-15(11-13-16)24(29)26-22(23(25)28)21-19-8-4-2-6-17(19)18-7-3-5-9-20(18)21/h2-13,21-22H,1H3,(H2,25,28)(H,26,29)/t22-/m0/s1. The van der Waals surface area contributed by atoms with Crippen LogP contribution in [0.5, 0.6) is 5.75 Å². The van der Waals surface area contributed by atoms with E-state index in [0.717, 1.165) is 22.3 Å². The molecule has 3 aromatic carbocycles. The molecule has 1 aliphatic carbocycles. The smallest absolute Gasteiger partial charge is 0.308 e. The fraction of sp³-hybridized carbons (Fsp3) is 0.125. The van der Waals surface area contributed by atoms with Gasteiger partial charge in [0.25, 0.3) is 5.91 Å². The Morgan fingerprint density at radius 3 is 1.90 bits per heavy atom. The molecule has 3 aromatic rings. The molecule has 1 atom stereocenters. The highest BCUT2D eigenvalue weighted by Gasteiger charge is 2.37. The first kappa shape index (κ1) is 19.4. The molecule has 0 heterocycles. The molecule has 0 aromatic heterocycles. The molecule has 6 heteroatoms. The summed E-state index contributed by atoms with van der Waals surface area (Å²) in [6, 6.07) is 20.8. The average Bonchev–Trinajstić information content (AvgIpc) is 3.06. The van der Waals surface area contributed by atoms with E-state index < -0.39 is 23.8 Å². The summed E-state index contributed by atoms with van der Waals surface area (Å²) in [6.45, 7) is 1.30. The maximum atomic E-state index is 12.8. The van der Waals surface area contributed by atoms with Crippen LogP contribution in [0.3, 0.4) is 0 Å². The monoisotopic (exact) mass is 400 g/mol. The predicted octanol–water partition coefficient (Wildman–Crippen LogP) is 3.01. The van der Waals surface area contributed by atoms with Gasteiger partial charge in [-0.1, -0.05) is 48.5 Å². The van der Waals surface area contributed by atoms with Gasteiger partial charge in [0.1, 0.15) is 11.8 Å². The van der Waals surface area contributed by atoms with Crippen molar-refractivity contribution in [2.75, 3.05) is 0 Å². The fourth-order valence-corrected chi connectivity index (χ4v) is 3.94. The lowest BCUT2D eigenvalue weighted by Gasteiger charge is -2.24. The second-order valence-corrected chi connectivity index (χ2v) is 7.12. The maximum Gasteiger partial charge on any atom is 0.308 e. The molecule has 0 saturated carbocycles. The van der Waals surface area contributed by atoms with Gasteiger partial charge in [-0.25, -0.2) is 0 Å². The van der Waals surface area contributed by atoms with Crippen LogP contribution in [0, 0.1) is 0 Å². The van der Waals surface area contributed by atoms with Crippen LogP contribution in [-0.4, -0.2) is 23.8 Å². The number of hydrogen-bond acceptors (Lipinski definition) is 4. The number of esters is 1. The van der Waals surface area contributed by atoms with Crippen molar-refractivity contribution in [2.24, 2.45) is 5.73 Å². The van der Waals surface area contributed by atoms with Crippen molar-refractivity contribution in [3.05, 3.63) is 89.5 Å². The molecule has 0 saturated heterocycles. The molecular formula is C24H20N2O4. The van der Waals surface area contributed by atoms with Crippen molar-refractivity contribution < 1.29 is 19.1 Å². The summed E-state index contributed by atoms with van der Waals surface area (Å²) in [4.78, 5) is 36.3. The van der Waals surface area contributed by atoms with E-state index in [4.69, 9.17) is 10.5 Å². The molecule has 0 fully saturated rings. The molecule has 0 bridgehead atoms. The van der Waals surface area contributed by atoms with Crippen LogP contribution in [0.4, 0.5) is 0 Å². The van der Waals surface area contributed by atoms with Gasteiger partial charge in [0.2, 0.25) is 5.91 Å². The van der Waals surface area contributed by atoms with Crippen LogP contribution in [-0.2, 0) is 9.59 Å². The third kappa shape index (κ3) is 3.55. The van der Waals surface area contributed by atoms with Crippen molar-refractivity contribution in [1.82, 2.24) is 5.32 Å². The van der Waals surface area contributed by atoms with Gasteiger partial charge in [0.15, 0.2) is 0 Å².